The number of carbonyl (C=O) groups is 1. The van der Waals surface area contributed by atoms with Gasteiger partial charge in [0.2, 0.25) is 5.82 Å². The molecule has 3 aromatic rings. The summed E-state index contributed by atoms with van der Waals surface area (Å²) in [7, 11) is 0. The molecule has 1 unspecified atom stereocenters. The van der Waals surface area contributed by atoms with Crippen molar-refractivity contribution in [3.8, 4) is 17.1 Å². The Morgan fingerprint density at radius 3 is 2.76 bits per heavy atom. The molecule has 0 radical (unpaired) electrons. The van der Waals surface area contributed by atoms with Gasteiger partial charge in [-0.25, -0.2) is 14.4 Å². The van der Waals surface area contributed by atoms with Gasteiger partial charge in [-0.05, 0) is 23.4 Å². The van der Waals surface area contributed by atoms with Crippen LogP contribution in [-0.2, 0) is 17.8 Å². The van der Waals surface area contributed by atoms with E-state index < -0.39 is 17.8 Å². The number of nitrogens with two attached hydrogens (primary N) is 1. The lowest BCUT2D eigenvalue weighted by molar-refractivity contribution is -0.137. The van der Waals surface area contributed by atoms with Crippen LogP contribution in [0.3, 0.4) is 0 Å². The molecule has 0 saturated carbocycles. The number of hydrogen-bond donors (Lipinski definition) is 2. The van der Waals surface area contributed by atoms with E-state index in [-0.39, 0.29) is 36.8 Å². The number of carboxylic acids is 1. The molecule has 0 fully saturated rings. The maximum Gasteiger partial charge on any atom is 0.304 e. The van der Waals surface area contributed by atoms with Crippen LogP contribution in [0.5, 0.6) is 5.75 Å². The van der Waals surface area contributed by atoms with Crippen LogP contribution in [0.15, 0.2) is 36.7 Å². The van der Waals surface area contributed by atoms with Crippen molar-refractivity contribution in [2.45, 2.75) is 25.4 Å². The van der Waals surface area contributed by atoms with Crippen molar-refractivity contribution in [1.29, 1.82) is 0 Å². The molecule has 1 atom stereocenters. The van der Waals surface area contributed by atoms with Crippen LogP contribution < -0.4 is 10.5 Å². The average Bonchev–Trinajstić information content (AvgIpc) is 3.10. The van der Waals surface area contributed by atoms with Crippen LogP contribution in [0.2, 0.25) is 0 Å². The number of aromatic nitrogens is 6. The molecule has 3 rings (SSSR count). The Balaban J connectivity index is 0.00000300. The molecule has 0 bridgehead atoms. The normalized spacial score (nSPS) is 11.5. The van der Waals surface area contributed by atoms with E-state index in [1.807, 2.05) is 0 Å². The summed E-state index contributed by atoms with van der Waals surface area (Å²) in [5, 5.41) is 20.3. The summed E-state index contributed by atoms with van der Waals surface area (Å²) in [6.45, 7) is 0.363. The zero-order valence-electron chi connectivity index (χ0n) is 15.2. The number of benzene rings is 1. The van der Waals surface area contributed by atoms with E-state index in [2.05, 4.69) is 25.4 Å². The lowest BCUT2D eigenvalue weighted by Crippen LogP contribution is -2.30. The molecule has 2 aromatic heterocycles. The van der Waals surface area contributed by atoms with Gasteiger partial charge < -0.3 is 15.6 Å². The van der Waals surface area contributed by atoms with Crippen LogP contribution in [-0.4, -0.2) is 53.9 Å². The van der Waals surface area contributed by atoms with Crippen molar-refractivity contribution in [3.05, 3.63) is 48.3 Å². The predicted octanol–water partition coefficient (Wildman–Crippen LogP) is 1.11. The first-order valence-corrected chi connectivity index (χ1v) is 8.45. The van der Waals surface area contributed by atoms with Crippen molar-refractivity contribution in [2.24, 2.45) is 5.73 Å². The second-order valence-corrected chi connectivity index (χ2v) is 5.93. The summed E-state index contributed by atoms with van der Waals surface area (Å²) in [5.74, 6) is -0.519. The first-order valence-electron chi connectivity index (χ1n) is 8.45. The topological polar surface area (TPSA) is 142 Å². The Labute approximate surface area is 171 Å². The monoisotopic (exact) mass is 423 g/mol. The van der Waals surface area contributed by atoms with Crippen molar-refractivity contribution < 1.29 is 19.0 Å². The van der Waals surface area contributed by atoms with E-state index in [1.54, 1.807) is 24.5 Å². The van der Waals surface area contributed by atoms with Crippen LogP contribution in [0.1, 0.15) is 12.2 Å². The Morgan fingerprint density at radius 2 is 2.07 bits per heavy atom. The highest BCUT2D eigenvalue weighted by atomic mass is 35.5. The molecule has 0 amide bonds. The highest BCUT2D eigenvalue weighted by Crippen LogP contribution is 2.23. The summed E-state index contributed by atoms with van der Waals surface area (Å²) in [5.41, 5.74) is 5.83. The second-order valence-electron chi connectivity index (χ2n) is 5.93. The van der Waals surface area contributed by atoms with Gasteiger partial charge in [-0.2, -0.15) is 4.80 Å². The van der Waals surface area contributed by atoms with Gasteiger partial charge in [0.15, 0.2) is 0 Å². The zero-order chi connectivity index (χ0) is 19.9. The van der Waals surface area contributed by atoms with Gasteiger partial charge in [-0.3, -0.25) is 4.79 Å². The first-order chi connectivity index (χ1) is 13.5. The molecule has 1 aromatic carbocycles. The van der Waals surface area contributed by atoms with Gasteiger partial charge in [0.25, 0.3) is 0 Å². The minimum atomic E-state index is -1.02. The number of rotatable bonds is 9. The number of ether oxygens (including phenoxy) is 1. The van der Waals surface area contributed by atoms with Crippen LogP contribution >= 0.6 is 12.4 Å². The molecule has 0 aliphatic carbocycles. The Bertz CT molecular complexity index is 942. The van der Waals surface area contributed by atoms with Gasteiger partial charge in [0.1, 0.15) is 17.4 Å². The number of carboxylic acid groups (broad SMARTS) is 1. The zero-order valence-corrected chi connectivity index (χ0v) is 16.0. The number of aliphatic carboxylic acids is 1. The van der Waals surface area contributed by atoms with Gasteiger partial charge in [-0.1, -0.05) is 0 Å². The van der Waals surface area contributed by atoms with E-state index >= 15 is 0 Å². The van der Waals surface area contributed by atoms with Gasteiger partial charge in [0, 0.05) is 30.9 Å². The Morgan fingerprint density at radius 1 is 1.31 bits per heavy atom. The maximum absolute atomic E-state index is 14.4. The highest BCUT2D eigenvalue weighted by molar-refractivity contribution is 5.85. The third-order valence-electron chi connectivity index (χ3n) is 3.68. The van der Waals surface area contributed by atoms with E-state index in [9.17, 15) is 9.18 Å². The van der Waals surface area contributed by atoms with E-state index in [1.165, 1.54) is 12.1 Å². The fourth-order valence-electron chi connectivity index (χ4n) is 2.41. The summed E-state index contributed by atoms with van der Waals surface area (Å²) < 4.78 is 19.9. The molecular formula is C17H19ClFN7O3. The van der Waals surface area contributed by atoms with Crippen LogP contribution in [0, 0.1) is 5.82 Å². The summed E-state index contributed by atoms with van der Waals surface area (Å²) in [4.78, 5) is 20.0. The molecule has 0 spiro atoms. The molecule has 12 heteroatoms. The van der Waals surface area contributed by atoms with Crippen molar-refractivity contribution in [2.75, 3.05) is 6.61 Å². The summed E-state index contributed by atoms with van der Waals surface area (Å²) in [6.07, 6.45) is 3.55. The molecule has 29 heavy (non-hydrogen) atoms. The van der Waals surface area contributed by atoms with Crippen molar-refractivity contribution in [1.82, 2.24) is 30.2 Å². The minimum Gasteiger partial charge on any atom is -0.493 e. The quantitative estimate of drug-likeness (QED) is 0.517. The Kier molecular flexibility index (Phi) is 7.92. The molecular weight excluding hydrogens is 405 g/mol. The average molecular weight is 424 g/mol. The molecule has 2 heterocycles. The van der Waals surface area contributed by atoms with E-state index in [4.69, 9.17) is 15.6 Å². The molecule has 0 saturated heterocycles. The predicted molar refractivity (Wildman–Crippen MR) is 102 cm³/mol. The number of nitrogens with zero attached hydrogens (tertiary/aromatic N) is 6. The standard InChI is InChI=1S/C17H18FN7O3.ClH/c18-14-9-12(28-7-4-15-20-5-1-6-21-15)2-3-13(14)17-22-24-25(23-17)10-11(19)8-16(26)27;/h1-3,5-6,9,11H,4,7-8,10,19H2,(H,26,27);1H. The van der Waals surface area contributed by atoms with Crippen LogP contribution in [0.25, 0.3) is 11.4 Å². The second kappa shape index (κ2) is 10.4. The SMILES string of the molecule is Cl.NC(CC(=O)O)Cn1nnc(-c2ccc(OCCc3ncccn3)cc2F)n1. The third kappa shape index (κ3) is 6.43. The lowest BCUT2D eigenvalue weighted by Gasteiger charge is -2.07. The summed E-state index contributed by atoms with van der Waals surface area (Å²) in [6, 6.07) is 5.37. The Hall–Kier alpha value is -3.18. The summed E-state index contributed by atoms with van der Waals surface area (Å²) >= 11 is 0. The fourth-order valence-corrected chi connectivity index (χ4v) is 2.41. The van der Waals surface area contributed by atoms with Gasteiger partial charge in [-0.15, -0.1) is 22.6 Å². The fraction of sp³-hybridized carbons (Fsp3) is 0.294. The van der Waals surface area contributed by atoms with Crippen molar-refractivity contribution in [3.63, 3.8) is 0 Å². The van der Waals surface area contributed by atoms with E-state index in [0.717, 1.165) is 4.80 Å². The lowest BCUT2D eigenvalue weighted by atomic mass is 10.2. The van der Waals surface area contributed by atoms with Gasteiger partial charge in [0.05, 0.1) is 25.1 Å². The number of halogens is 2. The number of tetrazole rings is 1. The largest absolute Gasteiger partial charge is 0.493 e. The first kappa shape index (κ1) is 22.1. The number of hydrogen-bond acceptors (Lipinski definition) is 8. The minimum absolute atomic E-state index is 0. The highest BCUT2D eigenvalue weighted by Gasteiger charge is 2.15. The maximum atomic E-state index is 14.4. The smallest absolute Gasteiger partial charge is 0.304 e. The van der Waals surface area contributed by atoms with E-state index in [0.29, 0.717) is 24.6 Å². The molecule has 0 aliphatic rings. The van der Waals surface area contributed by atoms with Crippen molar-refractivity contribution >= 4 is 18.4 Å². The van der Waals surface area contributed by atoms with Crippen LogP contribution in [0.4, 0.5) is 4.39 Å². The third-order valence-corrected chi connectivity index (χ3v) is 3.68. The molecule has 10 nitrogen and oxygen atoms in total. The molecule has 3 N–H and O–H groups in total. The molecule has 0 aliphatic heterocycles. The van der Waals surface area contributed by atoms with Gasteiger partial charge >= 0.3 is 5.97 Å². The molecule has 154 valence electrons.